The minimum atomic E-state index is -3.22. The number of aliphatic carboxylic acids is 1. The van der Waals surface area contributed by atoms with E-state index in [-0.39, 0.29) is 32.2 Å². The zero-order valence-corrected chi connectivity index (χ0v) is 18.7. The molecule has 1 heterocycles. The summed E-state index contributed by atoms with van der Waals surface area (Å²) in [6.07, 6.45) is -1.29. The number of rotatable bonds is 8. The van der Waals surface area contributed by atoms with Crippen LogP contribution in [-0.4, -0.2) is 72.9 Å². The van der Waals surface area contributed by atoms with Crippen molar-refractivity contribution in [2.24, 2.45) is 11.8 Å². The summed E-state index contributed by atoms with van der Waals surface area (Å²) in [6, 6.07) is 15.7. The molecule has 0 radical (unpaired) electrons. The molecule has 10 heteroatoms. The number of amides is 2. The lowest BCUT2D eigenvalue weighted by Gasteiger charge is -2.38. The Kier molecular flexibility index (Phi) is 5.92. The smallest absolute Gasteiger partial charge is 0.407 e. The molecule has 1 saturated carbocycles. The van der Waals surface area contributed by atoms with Crippen molar-refractivity contribution in [1.82, 2.24) is 10.2 Å². The molecule has 2 atom stereocenters. The number of carboxylic acids is 1. The van der Waals surface area contributed by atoms with Crippen molar-refractivity contribution < 1.29 is 37.7 Å². The van der Waals surface area contributed by atoms with Crippen molar-refractivity contribution in [3.05, 3.63) is 59.7 Å². The number of fused-ring (bicyclic) bond motifs is 3. The zero-order chi connectivity index (χ0) is 24.7. The Hall–Kier alpha value is -3.53. The summed E-state index contributed by atoms with van der Waals surface area (Å²) < 4.78 is 38.9. The molecule has 5 rings (SSSR count). The van der Waals surface area contributed by atoms with Crippen molar-refractivity contribution in [2.45, 2.75) is 17.9 Å². The Morgan fingerprint density at radius 3 is 2.23 bits per heavy atom. The number of carboxylic acid groups (broad SMARTS) is 1. The van der Waals surface area contributed by atoms with Gasteiger partial charge in [-0.3, -0.25) is 4.79 Å². The fourth-order valence-corrected chi connectivity index (χ4v) is 4.93. The van der Waals surface area contributed by atoms with Crippen molar-refractivity contribution >= 4 is 18.0 Å². The lowest BCUT2D eigenvalue weighted by atomic mass is 9.98. The van der Waals surface area contributed by atoms with Gasteiger partial charge in [-0.1, -0.05) is 48.5 Å². The lowest BCUT2D eigenvalue weighted by Crippen LogP contribution is -2.56. The summed E-state index contributed by atoms with van der Waals surface area (Å²) in [6.45, 7) is -0.670. The van der Waals surface area contributed by atoms with E-state index in [1.54, 1.807) is 0 Å². The first-order valence-electron chi connectivity index (χ1n) is 11.4. The monoisotopic (exact) mass is 486 g/mol. The highest BCUT2D eigenvalue weighted by molar-refractivity contribution is 5.85. The van der Waals surface area contributed by atoms with Crippen LogP contribution in [0.15, 0.2) is 48.5 Å². The molecule has 1 aliphatic heterocycles. The molecule has 2 aliphatic carbocycles. The largest absolute Gasteiger partial charge is 0.480 e. The molecule has 2 N–H and O–H groups in total. The first kappa shape index (κ1) is 23.2. The summed E-state index contributed by atoms with van der Waals surface area (Å²) >= 11 is 0. The topological polar surface area (TPSA) is 105 Å². The Bertz CT molecular complexity index is 1120. The second-order valence-electron chi connectivity index (χ2n) is 9.04. The quantitative estimate of drug-likeness (QED) is 0.595. The van der Waals surface area contributed by atoms with Gasteiger partial charge in [-0.15, -0.1) is 0 Å². The predicted molar refractivity (Wildman–Crippen MR) is 119 cm³/mol. The SMILES string of the molecule is O=C(O)COC1CN(C(=O)C2C(CNC(=O)OCC3c4ccccc4-c4ccccc43)C2(F)F)C1. The number of carbonyl (C=O) groups is 3. The van der Waals surface area contributed by atoms with Crippen LogP contribution in [0.4, 0.5) is 13.6 Å². The first-order chi connectivity index (χ1) is 16.8. The van der Waals surface area contributed by atoms with E-state index in [9.17, 15) is 23.2 Å². The molecule has 2 unspecified atom stereocenters. The minimum Gasteiger partial charge on any atom is -0.480 e. The molecular formula is C25H24F2N2O6. The molecule has 0 bridgehead atoms. The van der Waals surface area contributed by atoms with Crippen molar-refractivity contribution in [3.63, 3.8) is 0 Å². The molecule has 2 aromatic rings. The van der Waals surface area contributed by atoms with E-state index in [4.69, 9.17) is 14.6 Å². The van der Waals surface area contributed by atoms with Crippen LogP contribution in [0, 0.1) is 11.8 Å². The number of hydrogen-bond donors (Lipinski definition) is 2. The van der Waals surface area contributed by atoms with Crippen LogP contribution in [0.1, 0.15) is 17.0 Å². The number of carbonyl (C=O) groups excluding carboxylic acids is 2. The van der Waals surface area contributed by atoms with E-state index in [0.717, 1.165) is 22.3 Å². The highest BCUT2D eigenvalue weighted by atomic mass is 19.3. The fraction of sp³-hybridized carbons (Fsp3) is 0.400. The molecule has 2 amide bonds. The van der Waals surface area contributed by atoms with Crippen LogP contribution >= 0.6 is 0 Å². The number of likely N-dealkylation sites (tertiary alicyclic amines) is 1. The van der Waals surface area contributed by atoms with Gasteiger partial charge in [-0.05, 0) is 22.3 Å². The van der Waals surface area contributed by atoms with E-state index in [1.165, 1.54) is 4.90 Å². The highest BCUT2D eigenvalue weighted by Gasteiger charge is 2.72. The normalized spacial score (nSPS) is 22.1. The minimum absolute atomic E-state index is 0.0643. The van der Waals surface area contributed by atoms with Crippen LogP contribution in [0.2, 0.25) is 0 Å². The number of nitrogens with zero attached hydrogens (tertiary/aromatic N) is 1. The molecule has 0 aromatic heterocycles. The van der Waals surface area contributed by atoms with Crippen molar-refractivity contribution in [2.75, 3.05) is 32.8 Å². The van der Waals surface area contributed by atoms with Crippen molar-refractivity contribution in [3.8, 4) is 11.1 Å². The standard InChI is InChI=1S/C25H24F2N2O6/c26-25(27)20(22(25)23(32)29-10-14(11-29)34-13-21(30)31)9-28-24(33)35-12-19-17-7-3-1-5-15(17)16-6-2-4-8-18(16)19/h1-8,14,19-20,22H,9-13H2,(H,28,33)(H,30,31). The zero-order valence-electron chi connectivity index (χ0n) is 18.7. The van der Waals surface area contributed by atoms with Gasteiger partial charge in [0.1, 0.15) is 19.1 Å². The number of halogens is 2. The summed E-state index contributed by atoms with van der Waals surface area (Å²) in [5, 5.41) is 11.0. The fourth-order valence-electron chi connectivity index (χ4n) is 4.93. The number of alkyl carbamates (subject to hydrolysis) is 1. The predicted octanol–water partition coefficient (Wildman–Crippen LogP) is 2.72. The Morgan fingerprint density at radius 2 is 1.63 bits per heavy atom. The van der Waals surface area contributed by atoms with E-state index < -0.39 is 48.4 Å². The molecule has 2 fully saturated rings. The average Bonchev–Trinajstić information content (AvgIpc) is 3.21. The summed E-state index contributed by atoms with van der Waals surface area (Å²) in [4.78, 5) is 36.4. The molecule has 2 aromatic carbocycles. The van der Waals surface area contributed by atoms with Gasteiger partial charge < -0.3 is 24.8 Å². The van der Waals surface area contributed by atoms with E-state index in [0.29, 0.717) is 0 Å². The maximum atomic E-state index is 14.2. The second-order valence-corrected chi connectivity index (χ2v) is 9.04. The van der Waals surface area contributed by atoms with Crippen LogP contribution < -0.4 is 5.32 Å². The molecule has 1 saturated heterocycles. The summed E-state index contributed by atoms with van der Waals surface area (Å²) in [5.74, 6) is -8.05. The van der Waals surface area contributed by atoms with Gasteiger partial charge in [0.15, 0.2) is 0 Å². The number of alkyl halides is 2. The highest BCUT2D eigenvalue weighted by Crippen LogP contribution is 2.56. The Balaban J connectivity index is 1.11. The average molecular weight is 486 g/mol. The molecule has 35 heavy (non-hydrogen) atoms. The van der Waals surface area contributed by atoms with Crippen molar-refractivity contribution in [1.29, 1.82) is 0 Å². The first-order valence-corrected chi connectivity index (χ1v) is 11.4. The summed E-state index contributed by atoms with van der Waals surface area (Å²) in [7, 11) is 0. The summed E-state index contributed by atoms with van der Waals surface area (Å²) in [5.41, 5.74) is 4.25. The van der Waals surface area contributed by atoms with Gasteiger partial charge in [0.05, 0.1) is 12.0 Å². The van der Waals surface area contributed by atoms with Gasteiger partial charge in [0.25, 0.3) is 5.92 Å². The van der Waals surface area contributed by atoms with E-state index in [2.05, 4.69) is 5.32 Å². The number of ether oxygens (including phenoxy) is 2. The van der Waals surface area contributed by atoms with Crippen LogP contribution in [0.3, 0.4) is 0 Å². The maximum Gasteiger partial charge on any atom is 0.407 e. The van der Waals surface area contributed by atoms with Crippen LogP contribution in [-0.2, 0) is 19.1 Å². The Labute approximate surface area is 199 Å². The number of hydrogen-bond acceptors (Lipinski definition) is 5. The molecule has 184 valence electrons. The number of nitrogens with one attached hydrogen (secondary N) is 1. The van der Waals surface area contributed by atoms with E-state index >= 15 is 0 Å². The van der Waals surface area contributed by atoms with Crippen LogP contribution in [0.25, 0.3) is 11.1 Å². The molecule has 8 nitrogen and oxygen atoms in total. The van der Waals surface area contributed by atoms with Crippen LogP contribution in [0.5, 0.6) is 0 Å². The third-order valence-corrected chi connectivity index (χ3v) is 6.88. The maximum absolute atomic E-state index is 14.2. The van der Waals surface area contributed by atoms with E-state index in [1.807, 2.05) is 48.5 Å². The Morgan fingerprint density at radius 1 is 1.03 bits per heavy atom. The van der Waals surface area contributed by atoms with Gasteiger partial charge in [0, 0.05) is 25.6 Å². The second kappa shape index (κ2) is 8.92. The molecule has 0 spiro atoms. The molecule has 3 aliphatic rings. The number of benzene rings is 2. The van der Waals surface area contributed by atoms with Gasteiger partial charge in [-0.2, -0.15) is 0 Å². The third kappa shape index (κ3) is 4.34. The third-order valence-electron chi connectivity index (χ3n) is 6.88. The van der Waals surface area contributed by atoms with Gasteiger partial charge in [0.2, 0.25) is 5.91 Å². The molecular weight excluding hydrogens is 462 g/mol. The van der Waals surface area contributed by atoms with Gasteiger partial charge in [-0.25, -0.2) is 18.4 Å². The lowest BCUT2D eigenvalue weighted by molar-refractivity contribution is -0.156. The van der Waals surface area contributed by atoms with Gasteiger partial charge >= 0.3 is 12.1 Å².